The molecule has 4 nitrogen and oxygen atoms in total. The molecule has 0 aliphatic rings. The second-order valence-electron chi connectivity index (χ2n) is 2.91. The molecule has 1 rings (SSSR count). The van der Waals surface area contributed by atoms with Crippen molar-refractivity contribution in [2.75, 3.05) is 12.8 Å². The van der Waals surface area contributed by atoms with Crippen LogP contribution in [0.15, 0.2) is 12.1 Å². The average Bonchev–Trinajstić information content (AvgIpc) is 2.20. The number of nitrogens with two attached hydrogens (primary N) is 1. The summed E-state index contributed by atoms with van der Waals surface area (Å²) in [6, 6.07) is 1.08. The van der Waals surface area contributed by atoms with Crippen LogP contribution in [0.25, 0.3) is 0 Å². The summed E-state index contributed by atoms with van der Waals surface area (Å²) in [5.41, 5.74) is 4.10. The largest absolute Gasteiger partial charge is 0.573 e. The molecule has 0 aliphatic carbocycles. The van der Waals surface area contributed by atoms with Crippen LogP contribution >= 0.6 is 0 Å². The minimum absolute atomic E-state index is 0.370. The van der Waals surface area contributed by atoms with Crippen LogP contribution in [0.2, 0.25) is 0 Å². The van der Waals surface area contributed by atoms with Crippen molar-refractivity contribution in [3.63, 3.8) is 0 Å². The minimum atomic E-state index is -4.99. The molecule has 0 amide bonds. The Kier molecular flexibility index (Phi) is 3.45. The van der Waals surface area contributed by atoms with E-state index in [9.17, 15) is 22.4 Å². The highest BCUT2D eigenvalue weighted by Crippen LogP contribution is 2.30. The molecule has 1 aromatic carbocycles. The SMILES string of the molecule is COC(=O)c1cc(N)c(OC(F)(F)F)cc1F. The van der Waals surface area contributed by atoms with Crippen LogP contribution in [0, 0.1) is 5.82 Å². The van der Waals surface area contributed by atoms with Gasteiger partial charge < -0.3 is 15.2 Å². The Hall–Kier alpha value is -1.99. The van der Waals surface area contributed by atoms with E-state index < -0.39 is 35.1 Å². The van der Waals surface area contributed by atoms with Crippen LogP contribution in [-0.4, -0.2) is 19.4 Å². The number of halogens is 4. The summed E-state index contributed by atoms with van der Waals surface area (Å²) in [6.45, 7) is 0. The standard InChI is InChI=1S/C9H7F4NO3/c1-16-8(15)4-2-6(14)7(3-5(4)10)17-9(11,12)13/h2-3H,14H2,1H3. The molecule has 0 saturated carbocycles. The zero-order valence-electron chi connectivity index (χ0n) is 8.47. The molecule has 0 atom stereocenters. The molecule has 0 saturated heterocycles. The molecule has 2 N–H and O–H groups in total. The number of esters is 1. The number of rotatable bonds is 2. The lowest BCUT2D eigenvalue weighted by atomic mass is 10.2. The second kappa shape index (κ2) is 4.48. The van der Waals surface area contributed by atoms with Crippen LogP contribution in [0.4, 0.5) is 23.2 Å². The maximum absolute atomic E-state index is 13.2. The Labute approximate surface area is 92.9 Å². The molecule has 0 spiro atoms. The average molecular weight is 253 g/mol. The first-order valence-electron chi connectivity index (χ1n) is 4.17. The van der Waals surface area contributed by atoms with Crippen LogP contribution in [0.1, 0.15) is 10.4 Å². The van der Waals surface area contributed by atoms with Gasteiger partial charge in [0.1, 0.15) is 5.82 Å². The van der Waals surface area contributed by atoms with Crippen molar-refractivity contribution in [2.24, 2.45) is 0 Å². The number of alkyl halides is 3. The first kappa shape index (κ1) is 13.1. The van der Waals surface area contributed by atoms with Gasteiger partial charge in [0.2, 0.25) is 0 Å². The zero-order valence-corrected chi connectivity index (χ0v) is 8.47. The van der Waals surface area contributed by atoms with E-state index in [-0.39, 0.29) is 0 Å². The van der Waals surface area contributed by atoms with E-state index in [0.29, 0.717) is 12.1 Å². The van der Waals surface area contributed by atoms with Gasteiger partial charge in [0.15, 0.2) is 5.75 Å². The third-order valence-corrected chi connectivity index (χ3v) is 1.73. The van der Waals surface area contributed by atoms with Crippen LogP contribution in [-0.2, 0) is 4.74 Å². The van der Waals surface area contributed by atoms with E-state index in [2.05, 4.69) is 9.47 Å². The van der Waals surface area contributed by atoms with Crippen molar-refractivity contribution < 1.29 is 31.8 Å². The van der Waals surface area contributed by atoms with Gasteiger partial charge in [-0.1, -0.05) is 0 Å². The first-order chi connectivity index (χ1) is 7.74. The molecule has 0 aliphatic heterocycles. The van der Waals surface area contributed by atoms with Crippen molar-refractivity contribution in [3.05, 3.63) is 23.5 Å². The summed E-state index contributed by atoms with van der Waals surface area (Å²) < 4.78 is 56.6. The molecule has 0 radical (unpaired) electrons. The summed E-state index contributed by atoms with van der Waals surface area (Å²) in [4.78, 5) is 11.0. The van der Waals surface area contributed by atoms with Gasteiger partial charge in [-0.3, -0.25) is 0 Å². The van der Waals surface area contributed by atoms with Crippen molar-refractivity contribution in [3.8, 4) is 5.75 Å². The normalized spacial score (nSPS) is 11.1. The van der Waals surface area contributed by atoms with Crippen LogP contribution < -0.4 is 10.5 Å². The molecule has 8 heteroatoms. The van der Waals surface area contributed by atoms with Gasteiger partial charge in [0.05, 0.1) is 18.4 Å². The van der Waals surface area contributed by atoms with E-state index >= 15 is 0 Å². The lowest BCUT2D eigenvalue weighted by Gasteiger charge is -2.12. The van der Waals surface area contributed by atoms with Crippen LogP contribution in [0.3, 0.4) is 0 Å². The van der Waals surface area contributed by atoms with E-state index in [1.54, 1.807) is 0 Å². The molecule has 17 heavy (non-hydrogen) atoms. The Bertz CT molecular complexity index is 445. The lowest BCUT2D eigenvalue weighted by molar-refractivity contribution is -0.274. The quantitative estimate of drug-likeness (QED) is 0.498. The molecule has 94 valence electrons. The van der Waals surface area contributed by atoms with Crippen LogP contribution in [0.5, 0.6) is 5.75 Å². The van der Waals surface area contributed by atoms with Gasteiger partial charge in [-0.05, 0) is 6.07 Å². The fourth-order valence-corrected chi connectivity index (χ4v) is 1.05. The summed E-state index contributed by atoms with van der Waals surface area (Å²) in [6.07, 6.45) is -4.99. The number of benzene rings is 1. The third kappa shape index (κ3) is 3.23. The third-order valence-electron chi connectivity index (χ3n) is 1.73. The number of ether oxygens (including phenoxy) is 2. The smallest absolute Gasteiger partial charge is 0.465 e. The van der Waals surface area contributed by atoms with Gasteiger partial charge in [-0.2, -0.15) is 0 Å². The van der Waals surface area contributed by atoms with Gasteiger partial charge in [-0.15, -0.1) is 13.2 Å². The number of hydrogen-bond donors (Lipinski definition) is 1. The van der Waals surface area contributed by atoms with E-state index in [1.807, 2.05) is 0 Å². The number of nitrogen functional groups attached to an aromatic ring is 1. The van der Waals surface area contributed by atoms with Gasteiger partial charge in [0.25, 0.3) is 0 Å². The van der Waals surface area contributed by atoms with E-state index in [1.165, 1.54) is 0 Å². The highest BCUT2D eigenvalue weighted by Gasteiger charge is 2.32. The maximum atomic E-state index is 13.2. The highest BCUT2D eigenvalue weighted by atomic mass is 19.4. The number of carbonyl (C=O) groups excluding carboxylic acids is 1. The summed E-state index contributed by atoms with van der Waals surface area (Å²) >= 11 is 0. The number of hydrogen-bond acceptors (Lipinski definition) is 4. The Morgan fingerprint density at radius 1 is 1.35 bits per heavy atom. The zero-order chi connectivity index (χ0) is 13.2. The topological polar surface area (TPSA) is 61.5 Å². The molecule has 0 fully saturated rings. The number of anilines is 1. The second-order valence-corrected chi connectivity index (χ2v) is 2.91. The Balaban J connectivity index is 3.14. The Morgan fingerprint density at radius 2 is 1.94 bits per heavy atom. The Morgan fingerprint density at radius 3 is 2.41 bits per heavy atom. The molecule has 0 heterocycles. The van der Waals surface area contributed by atoms with Crippen molar-refractivity contribution in [1.82, 2.24) is 0 Å². The molecular weight excluding hydrogens is 246 g/mol. The summed E-state index contributed by atoms with van der Waals surface area (Å²) in [7, 11) is 0.998. The number of carbonyl (C=O) groups is 1. The minimum Gasteiger partial charge on any atom is -0.465 e. The fourth-order valence-electron chi connectivity index (χ4n) is 1.05. The van der Waals surface area contributed by atoms with Gasteiger partial charge >= 0.3 is 12.3 Å². The summed E-state index contributed by atoms with van der Waals surface area (Å²) in [5.74, 6) is -3.18. The molecular formula is C9H7F4NO3. The fraction of sp³-hybridized carbons (Fsp3) is 0.222. The maximum Gasteiger partial charge on any atom is 0.573 e. The predicted molar refractivity (Wildman–Crippen MR) is 48.8 cm³/mol. The monoisotopic (exact) mass is 253 g/mol. The number of methoxy groups -OCH3 is 1. The van der Waals surface area contributed by atoms with Crippen molar-refractivity contribution in [1.29, 1.82) is 0 Å². The molecule has 0 aromatic heterocycles. The van der Waals surface area contributed by atoms with Gasteiger partial charge in [-0.25, -0.2) is 9.18 Å². The summed E-state index contributed by atoms with van der Waals surface area (Å²) in [5, 5.41) is 0. The van der Waals surface area contributed by atoms with E-state index in [0.717, 1.165) is 7.11 Å². The van der Waals surface area contributed by atoms with Gasteiger partial charge in [0, 0.05) is 6.07 Å². The van der Waals surface area contributed by atoms with Crippen molar-refractivity contribution in [2.45, 2.75) is 6.36 Å². The van der Waals surface area contributed by atoms with E-state index in [4.69, 9.17) is 5.73 Å². The molecule has 1 aromatic rings. The highest BCUT2D eigenvalue weighted by molar-refractivity contribution is 5.91. The predicted octanol–water partition coefficient (Wildman–Crippen LogP) is 2.09. The molecule has 0 bridgehead atoms. The van der Waals surface area contributed by atoms with Crippen molar-refractivity contribution >= 4 is 11.7 Å². The molecule has 0 unspecified atom stereocenters. The lowest BCUT2D eigenvalue weighted by Crippen LogP contribution is -2.18. The first-order valence-corrected chi connectivity index (χ1v) is 4.17.